The molecule has 0 spiro atoms. The minimum atomic E-state index is -0.0121. The molecule has 1 saturated heterocycles. The number of nitrogen functional groups attached to an aromatic ring is 1. The molecule has 1 aromatic carbocycles. The molecular formula is C24H22ClN5O2. The molecule has 3 atom stereocenters. The predicted molar refractivity (Wildman–Crippen MR) is 124 cm³/mol. The summed E-state index contributed by atoms with van der Waals surface area (Å²) in [6.45, 7) is 5.04. The maximum Gasteiger partial charge on any atom is 0.245 e. The first kappa shape index (κ1) is 20.4. The Morgan fingerprint density at radius 2 is 2.09 bits per heavy atom. The first-order valence-electron chi connectivity index (χ1n) is 10.3. The van der Waals surface area contributed by atoms with Gasteiger partial charge in [-0.25, -0.2) is 9.97 Å². The van der Waals surface area contributed by atoms with Crippen LogP contribution in [-0.2, 0) is 11.8 Å². The average molecular weight is 448 g/mol. The van der Waals surface area contributed by atoms with E-state index in [1.54, 1.807) is 13.2 Å². The van der Waals surface area contributed by atoms with Crippen molar-refractivity contribution in [2.24, 2.45) is 24.8 Å². The molecule has 1 aliphatic carbocycles. The zero-order chi connectivity index (χ0) is 22.6. The van der Waals surface area contributed by atoms with Crippen LogP contribution in [0.1, 0.15) is 5.69 Å². The van der Waals surface area contributed by atoms with Gasteiger partial charge >= 0.3 is 0 Å². The largest absolute Gasteiger partial charge is 0.496 e. The minimum absolute atomic E-state index is 0.0121. The third kappa shape index (κ3) is 3.10. The number of rotatable bonds is 3. The van der Waals surface area contributed by atoms with Gasteiger partial charge in [-0.05, 0) is 42.0 Å². The van der Waals surface area contributed by atoms with E-state index in [9.17, 15) is 4.79 Å². The normalized spacial score (nSPS) is 21.1. The van der Waals surface area contributed by atoms with Crippen LogP contribution in [0.5, 0.6) is 5.75 Å². The van der Waals surface area contributed by atoms with Crippen molar-refractivity contribution >= 4 is 34.4 Å². The highest BCUT2D eigenvalue weighted by atomic mass is 35.5. The van der Waals surface area contributed by atoms with Gasteiger partial charge in [-0.15, -0.1) is 0 Å². The number of hydrogen-bond donors (Lipinski definition) is 1. The maximum atomic E-state index is 11.9. The van der Waals surface area contributed by atoms with E-state index >= 15 is 0 Å². The highest BCUT2D eigenvalue weighted by Gasteiger charge is 2.55. The Labute approximate surface area is 190 Å². The molecule has 0 radical (unpaired) electrons. The lowest BCUT2D eigenvalue weighted by molar-refractivity contribution is -0.125. The van der Waals surface area contributed by atoms with Gasteiger partial charge in [-0.2, -0.15) is 0 Å². The second-order valence-electron chi connectivity index (χ2n) is 8.15. The van der Waals surface area contributed by atoms with Crippen molar-refractivity contribution in [1.82, 2.24) is 19.4 Å². The molecule has 1 unspecified atom stereocenters. The number of carbonyl (C=O) groups excluding carboxylic acids is 1. The fourth-order valence-corrected chi connectivity index (χ4v) is 4.93. The average Bonchev–Trinajstić information content (AvgIpc) is 3.11. The Balaban J connectivity index is 1.60. The summed E-state index contributed by atoms with van der Waals surface area (Å²) in [5.41, 5.74) is 9.34. The number of fused-ring (bicyclic) bond motifs is 2. The first-order valence-corrected chi connectivity index (χ1v) is 10.7. The second-order valence-corrected chi connectivity index (χ2v) is 8.59. The number of amides is 1. The van der Waals surface area contributed by atoms with Crippen LogP contribution in [0, 0.1) is 29.6 Å². The van der Waals surface area contributed by atoms with E-state index in [-0.39, 0.29) is 11.8 Å². The quantitative estimate of drug-likeness (QED) is 0.492. The molecule has 5 rings (SSSR count). The van der Waals surface area contributed by atoms with Crippen molar-refractivity contribution in [3.63, 3.8) is 0 Å². The topological polar surface area (TPSA) is 86.3 Å². The zero-order valence-electron chi connectivity index (χ0n) is 17.8. The fraction of sp³-hybridized carbons (Fsp3) is 0.292. The fourth-order valence-electron chi connectivity index (χ4n) is 4.76. The number of hydrogen-bond acceptors (Lipinski definition) is 5. The molecule has 162 valence electrons. The van der Waals surface area contributed by atoms with Gasteiger partial charge in [0.2, 0.25) is 5.91 Å². The van der Waals surface area contributed by atoms with E-state index in [0.717, 1.165) is 35.3 Å². The molecule has 32 heavy (non-hydrogen) atoms. The van der Waals surface area contributed by atoms with Gasteiger partial charge < -0.3 is 19.9 Å². The number of carbonyl (C=O) groups is 1. The third-order valence-electron chi connectivity index (χ3n) is 6.46. The molecule has 8 heteroatoms. The SMILES string of the molecule is C=CC(=O)N1C[C@@H]2C(C#Cc3c(-c4cc(Cl)ccc4OC)c4c(N)ncnc4n3C)[C@@H]2C1. The number of nitrogens with zero attached hydrogens (tertiary/aromatic N) is 4. The van der Waals surface area contributed by atoms with Crippen molar-refractivity contribution in [2.75, 3.05) is 25.9 Å². The maximum absolute atomic E-state index is 11.9. The van der Waals surface area contributed by atoms with Crippen LogP contribution in [0.4, 0.5) is 5.82 Å². The van der Waals surface area contributed by atoms with Crippen LogP contribution >= 0.6 is 11.6 Å². The van der Waals surface area contributed by atoms with E-state index in [4.69, 9.17) is 22.1 Å². The van der Waals surface area contributed by atoms with Crippen LogP contribution in [0.3, 0.4) is 0 Å². The van der Waals surface area contributed by atoms with Crippen LogP contribution in [0.15, 0.2) is 37.2 Å². The first-order chi connectivity index (χ1) is 15.4. The third-order valence-corrected chi connectivity index (χ3v) is 6.70. The molecular weight excluding hydrogens is 426 g/mol. The van der Waals surface area contributed by atoms with E-state index in [1.165, 1.54) is 12.4 Å². The second kappa shape index (κ2) is 7.57. The molecule has 3 aromatic rings. The molecule has 1 aliphatic heterocycles. The summed E-state index contributed by atoms with van der Waals surface area (Å²) < 4.78 is 7.54. The van der Waals surface area contributed by atoms with E-state index in [1.807, 2.05) is 28.6 Å². The summed E-state index contributed by atoms with van der Waals surface area (Å²) in [5, 5.41) is 1.30. The lowest BCUT2D eigenvalue weighted by atomic mass is 10.0. The molecule has 0 bridgehead atoms. The minimum Gasteiger partial charge on any atom is -0.496 e. The molecule has 2 N–H and O–H groups in total. The molecule has 1 saturated carbocycles. The number of ether oxygens (including phenoxy) is 1. The van der Waals surface area contributed by atoms with Gasteiger partial charge in [-0.3, -0.25) is 4.79 Å². The van der Waals surface area contributed by atoms with Crippen molar-refractivity contribution in [3.8, 4) is 28.7 Å². The van der Waals surface area contributed by atoms with E-state index in [0.29, 0.717) is 34.1 Å². The summed E-state index contributed by atoms with van der Waals surface area (Å²) in [6, 6.07) is 5.45. The number of likely N-dealkylation sites (tertiary alicyclic amines) is 1. The van der Waals surface area contributed by atoms with Crippen molar-refractivity contribution in [1.29, 1.82) is 0 Å². The Bertz CT molecular complexity index is 1320. The molecule has 1 amide bonds. The molecule has 2 aromatic heterocycles. The van der Waals surface area contributed by atoms with E-state index in [2.05, 4.69) is 28.4 Å². The number of aromatic nitrogens is 3. The van der Waals surface area contributed by atoms with Gasteiger partial charge in [0, 0.05) is 42.2 Å². The predicted octanol–water partition coefficient (Wildman–Crippen LogP) is 3.12. The highest BCUT2D eigenvalue weighted by molar-refractivity contribution is 6.31. The van der Waals surface area contributed by atoms with Gasteiger partial charge in [0.25, 0.3) is 0 Å². The standard InChI is InChI=1S/C24H22ClN5O2/c1-4-20(31)30-10-16-14(17(16)11-30)6-7-18-21(15-9-13(25)5-8-19(15)32-3)22-23(26)27-12-28-24(22)29(18)2/h4-5,8-9,12,14,16-17H,1,10-11H2,2-3H3,(H2,26,27,28)/t14?,16-,17+. The number of benzene rings is 1. The van der Waals surface area contributed by atoms with Crippen molar-refractivity contribution in [2.45, 2.75) is 0 Å². The van der Waals surface area contributed by atoms with Crippen molar-refractivity contribution < 1.29 is 9.53 Å². The Kier molecular flexibility index (Phi) is 4.83. The summed E-state index contributed by atoms with van der Waals surface area (Å²) in [4.78, 5) is 22.3. The zero-order valence-corrected chi connectivity index (χ0v) is 18.6. The monoisotopic (exact) mass is 447 g/mol. The lowest BCUT2D eigenvalue weighted by Crippen LogP contribution is -2.29. The summed E-state index contributed by atoms with van der Waals surface area (Å²) in [7, 11) is 3.53. The van der Waals surface area contributed by atoms with Crippen LogP contribution < -0.4 is 10.5 Å². The smallest absolute Gasteiger partial charge is 0.245 e. The lowest BCUT2D eigenvalue weighted by Gasteiger charge is -2.16. The number of aryl methyl sites for hydroxylation is 1. The summed E-state index contributed by atoms with van der Waals surface area (Å²) >= 11 is 6.33. The number of methoxy groups -OCH3 is 1. The number of halogens is 1. The Morgan fingerprint density at radius 3 is 2.78 bits per heavy atom. The van der Waals surface area contributed by atoms with Gasteiger partial charge in [0.05, 0.1) is 12.5 Å². The van der Waals surface area contributed by atoms with Crippen molar-refractivity contribution in [3.05, 3.63) is 47.9 Å². The van der Waals surface area contributed by atoms with Crippen LogP contribution in [-0.4, -0.2) is 45.5 Å². The number of piperidine rings is 1. The Morgan fingerprint density at radius 1 is 1.34 bits per heavy atom. The van der Waals surface area contributed by atoms with Crippen LogP contribution in [0.25, 0.3) is 22.2 Å². The molecule has 7 nitrogen and oxygen atoms in total. The Hall–Kier alpha value is -3.50. The molecule has 3 heterocycles. The number of nitrogens with two attached hydrogens (primary N) is 1. The van der Waals surface area contributed by atoms with Gasteiger partial charge in [-0.1, -0.05) is 24.1 Å². The number of anilines is 1. The summed E-state index contributed by atoms with van der Waals surface area (Å²) in [5.74, 6) is 8.93. The summed E-state index contributed by atoms with van der Waals surface area (Å²) in [6.07, 6.45) is 2.82. The van der Waals surface area contributed by atoms with Gasteiger partial charge in [0.1, 0.15) is 29.2 Å². The van der Waals surface area contributed by atoms with Gasteiger partial charge in [0.15, 0.2) is 0 Å². The highest BCUT2D eigenvalue weighted by Crippen LogP contribution is 2.51. The molecule has 2 fully saturated rings. The van der Waals surface area contributed by atoms with E-state index < -0.39 is 0 Å². The van der Waals surface area contributed by atoms with Crippen LogP contribution in [0.2, 0.25) is 5.02 Å². The molecule has 2 aliphatic rings.